The van der Waals surface area contributed by atoms with Crippen molar-refractivity contribution in [2.75, 3.05) is 26.0 Å². The Labute approximate surface area is 150 Å². The average molecular weight is 365 g/mol. The van der Waals surface area contributed by atoms with E-state index in [-0.39, 0.29) is 23.4 Å². The van der Waals surface area contributed by atoms with Crippen LogP contribution in [0.3, 0.4) is 0 Å². The van der Waals surface area contributed by atoms with Crippen LogP contribution in [0, 0.1) is 5.82 Å². The van der Waals surface area contributed by atoms with Crippen molar-refractivity contribution in [1.82, 2.24) is 4.90 Å². The minimum Gasteiger partial charge on any atom is -0.484 e. The van der Waals surface area contributed by atoms with Gasteiger partial charge in [0.25, 0.3) is 5.91 Å². The van der Waals surface area contributed by atoms with Gasteiger partial charge in [0.15, 0.2) is 6.61 Å². The lowest BCUT2D eigenvalue weighted by atomic mass is 10.1. The first-order chi connectivity index (χ1) is 11.8. The van der Waals surface area contributed by atoms with Crippen molar-refractivity contribution in [1.29, 1.82) is 0 Å². The van der Waals surface area contributed by atoms with Crippen molar-refractivity contribution in [3.8, 4) is 5.75 Å². The Morgan fingerprint density at radius 2 is 1.84 bits per heavy atom. The molecule has 0 aliphatic carbocycles. The number of amides is 2. The van der Waals surface area contributed by atoms with Gasteiger partial charge in [-0.2, -0.15) is 0 Å². The van der Waals surface area contributed by atoms with E-state index in [2.05, 4.69) is 5.32 Å². The predicted octanol–water partition coefficient (Wildman–Crippen LogP) is 3.13. The van der Waals surface area contributed by atoms with Crippen LogP contribution in [0.5, 0.6) is 5.75 Å². The zero-order valence-corrected chi connectivity index (χ0v) is 14.6. The molecule has 0 aliphatic rings. The molecule has 2 rings (SSSR count). The second-order valence-corrected chi connectivity index (χ2v) is 5.98. The molecular formula is C18H18ClFN2O3. The van der Waals surface area contributed by atoms with Crippen molar-refractivity contribution in [3.05, 3.63) is 58.9 Å². The molecule has 0 bridgehead atoms. The van der Waals surface area contributed by atoms with E-state index in [0.717, 1.165) is 5.56 Å². The molecule has 2 aromatic rings. The number of carbonyl (C=O) groups excluding carboxylic acids is 2. The van der Waals surface area contributed by atoms with Gasteiger partial charge in [0.05, 0.1) is 11.4 Å². The minimum atomic E-state index is -0.550. The zero-order valence-electron chi connectivity index (χ0n) is 13.9. The highest BCUT2D eigenvalue weighted by Gasteiger charge is 2.08. The summed E-state index contributed by atoms with van der Waals surface area (Å²) in [4.78, 5) is 25.1. The molecule has 0 aromatic heterocycles. The fourth-order valence-corrected chi connectivity index (χ4v) is 2.12. The number of likely N-dealkylation sites (N-methyl/N-ethyl adjacent to an activating group) is 1. The molecule has 0 heterocycles. The van der Waals surface area contributed by atoms with E-state index in [4.69, 9.17) is 16.3 Å². The monoisotopic (exact) mass is 364 g/mol. The Balaban J connectivity index is 1.85. The summed E-state index contributed by atoms with van der Waals surface area (Å²) in [5.74, 6) is -0.605. The number of carbonyl (C=O) groups is 2. The van der Waals surface area contributed by atoms with Gasteiger partial charge in [-0.05, 0) is 29.8 Å². The lowest BCUT2D eigenvalue weighted by Gasteiger charge is -2.11. The summed E-state index contributed by atoms with van der Waals surface area (Å²) in [6.07, 6.45) is 0.301. The highest BCUT2D eigenvalue weighted by molar-refractivity contribution is 6.30. The summed E-state index contributed by atoms with van der Waals surface area (Å²) < 4.78 is 18.3. The smallest absolute Gasteiger partial charge is 0.262 e. The summed E-state index contributed by atoms with van der Waals surface area (Å²) in [6.45, 7) is -0.233. The third-order valence-corrected chi connectivity index (χ3v) is 3.64. The third kappa shape index (κ3) is 5.76. The van der Waals surface area contributed by atoms with E-state index in [1.807, 2.05) is 0 Å². The standard InChI is InChI=1S/C18H18ClFN2O3/c1-22(2)18(24)9-12-3-5-13(6-4-12)21-17(23)11-25-14-7-8-16(20)15(19)10-14/h3-8,10H,9,11H2,1-2H3,(H,21,23). The van der Waals surface area contributed by atoms with Crippen LogP contribution < -0.4 is 10.1 Å². The fourth-order valence-electron chi connectivity index (χ4n) is 1.95. The van der Waals surface area contributed by atoms with Crippen LogP contribution in [0.1, 0.15) is 5.56 Å². The Morgan fingerprint density at radius 1 is 1.16 bits per heavy atom. The van der Waals surface area contributed by atoms with Gasteiger partial charge in [0.2, 0.25) is 5.91 Å². The van der Waals surface area contributed by atoms with E-state index >= 15 is 0 Å². The number of rotatable bonds is 6. The van der Waals surface area contributed by atoms with E-state index in [9.17, 15) is 14.0 Å². The van der Waals surface area contributed by atoms with Gasteiger partial charge in [-0.3, -0.25) is 9.59 Å². The fraction of sp³-hybridized carbons (Fsp3) is 0.222. The first-order valence-corrected chi connectivity index (χ1v) is 7.90. The lowest BCUT2D eigenvalue weighted by Crippen LogP contribution is -2.23. The minimum absolute atomic E-state index is 0.00291. The van der Waals surface area contributed by atoms with E-state index < -0.39 is 5.82 Å². The van der Waals surface area contributed by atoms with Gasteiger partial charge in [-0.25, -0.2) is 4.39 Å². The van der Waals surface area contributed by atoms with Crippen LogP contribution in [-0.4, -0.2) is 37.4 Å². The molecule has 5 nitrogen and oxygen atoms in total. The van der Waals surface area contributed by atoms with Gasteiger partial charge in [0, 0.05) is 25.8 Å². The summed E-state index contributed by atoms with van der Waals surface area (Å²) in [6, 6.07) is 10.8. The molecule has 25 heavy (non-hydrogen) atoms. The van der Waals surface area contributed by atoms with Crippen LogP contribution in [-0.2, 0) is 16.0 Å². The van der Waals surface area contributed by atoms with Crippen LogP contribution in [0.4, 0.5) is 10.1 Å². The van der Waals surface area contributed by atoms with Crippen LogP contribution in [0.2, 0.25) is 5.02 Å². The summed E-state index contributed by atoms with van der Waals surface area (Å²) >= 11 is 5.65. The van der Waals surface area contributed by atoms with E-state index in [1.165, 1.54) is 23.1 Å². The second kappa shape index (κ2) is 8.48. The topological polar surface area (TPSA) is 58.6 Å². The molecule has 0 aliphatic heterocycles. The number of benzene rings is 2. The van der Waals surface area contributed by atoms with Crippen molar-refractivity contribution in [2.24, 2.45) is 0 Å². The molecule has 0 saturated heterocycles. The molecular weight excluding hydrogens is 347 g/mol. The lowest BCUT2D eigenvalue weighted by molar-refractivity contribution is -0.128. The number of hydrogen-bond acceptors (Lipinski definition) is 3. The molecule has 0 radical (unpaired) electrons. The number of nitrogens with zero attached hydrogens (tertiary/aromatic N) is 1. The number of hydrogen-bond donors (Lipinski definition) is 1. The largest absolute Gasteiger partial charge is 0.484 e. The maximum atomic E-state index is 13.1. The Hall–Kier alpha value is -2.60. The molecule has 2 amide bonds. The summed E-state index contributed by atoms with van der Waals surface area (Å²) in [5, 5.41) is 2.61. The Bertz CT molecular complexity index is 763. The Kier molecular flexibility index (Phi) is 6.36. The van der Waals surface area contributed by atoms with Gasteiger partial charge >= 0.3 is 0 Å². The number of ether oxygens (including phenoxy) is 1. The number of halogens is 2. The van der Waals surface area contributed by atoms with Crippen molar-refractivity contribution in [2.45, 2.75) is 6.42 Å². The SMILES string of the molecule is CN(C)C(=O)Cc1ccc(NC(=O)COc2ccc(F)c(Cl)c2)cc1. The highest BCUT2D eigenvalue weighted by atomic mass is 35.5. The third-order valence-electron chi connectivity index (χ3n) is 3.35. The first-order valence-electron chi connectivity index (χ1n) is 7.52. The second-order valence-electron chi connectivity index (χ2n) is 5.57. The first kappa shape index (κ1) is 18.7. The summed E-state index contributed by atoms with van der Waals surface area (Å²) in [7, 11) is 3.40. The summed E-state index contributed by atoms with van der Waals surface area (Å²) in [5.41, 5.74) is 1.45. The van der Waals surface area contributed by atoms with Crippen molar-refractivity contribution >= 4 is 29.1 Å². The zero-order chi connectivity index (χ0) is 18.4. The molecule has 0 unspecified atom stereocenters. The molecule has 1 N–H and O–H groups in total. The van der Waals surface area contributed by atoms with Gasteiger partial charge in [-0.1, -0.05) is 23.7 Å². The van der Waals surface area contributed by atoms with Crippen molar-refractivity contribution in [3.63, 3.8) is 0 Å². The maximum absolute atomic E-state index is 13.1. The molecule has 132 valence electrons. The van der Waals surface area contributed by atoms with Crippen LogP contribution in [0.25, 0.3) is 0 Å². The van der Waals surface area contributed by atoms with Gasteiger partial charge in [-0.15, -0.1) is 0 Å². The van der Waals surface area contributed by atoms with Crippen LogP contribution in [0.15, 0.2) is 42.5 Å². The molecule has 0 spiro atoms. The molecule has 0 saturated carbocycles. The molecule has 2 aromatic carbocycles. The number of anilines is 1. The van der Waals surface area contributed by atoms with Crippen molar-refractivity contribution < 1.29 is 18.7 Å². The molecule has 0 atom stereocenters. The van der Waals surface area contributed by atoms with Crippen LogP contribution >= 0.6 is 11.6 Å². The van der Waals surface area contributed by atoms with E-state index in [0.29, 0.717) is 17.9 Å². The molecule has 7 heteroatoms. The maximum Gasteiger partial charge on any atom is 0.262 e. The normalized spacial score (nSPS) is 10.2. The number of nitrogens with one attached hydrogen (secondary N) is 1. The quantitative estimate of drug-likeness (QED) is 0.856. The highest BCUT2D eigenvalue weighted by Crippen LogP contribution is 2.21. The Morgan fingerprint density at radius 3 is 2.44 bits per heavy atom. The molecule has 0 fully saturated rings. The van der Waals surface area contributed by atoms with Gasteiger partial charge in [0.1, 0.15) is 11.6 Å². The average Bonchev–Trinajstić information content (AvgIpc) is 2.57. The van der Waals surface area contributed by atoms with E-state index in [1.54, 1.807) is 38.4 Å². The van der Waals surface area contributed by atoms with Gasteiger partial charge < -0.3 is 15.0 Å². The predicted molar refractivity (Wildman–Crippen MR) is 94.4 cm³/mol.